The molecule has 0 aliphatic heterocycles. The quantitative estimate of drug-likeness (QED) is 0.563. The molecule has 0 bridgehead atoms. The predicted molar refractivity (Wildman–Crippen MR) is 49.7 cm³/mol. The molecule has 0 saturated heterocycles. The van der Waals surface area contributed by atoms with Crippen LogP contribution in [0.5, 0.6) is 0 Å². The Morgan fingerprint density at radius 3 is 1.75 bits per heavy atom. The fourth-order valence-electron chi connectivity index (χ4n) is 2.02. The van der Waals surface area contributed by atoms with Crippen LogP contribution in [0.2, 0.25) is 4.73 Å². The van der Waals surface area contributed by atoms with Gasteiger partial charge in [-0.05, 0) is 0 Å². The van der Waals surface area contributed by atoms with Gasteiger partial charge >= 0.3 is 87.5 Å². The molecule has 0 aromatic rings. The second kappa shape index (κ2) is 3.16. The first-order valence-corrected chi connectivity index (χ1v) is 5.56. The molecule has 12 heavy (non-hydrogen) atoms. The van der Waals surface area contributed by atoms with E-state index in [1.807, 2.05) is 0 Å². The molecule has 0 amide bonds. The first-order valence-electron chi connectivity index (χ1n) is 4.46. The summed E-state index contributed by atoms with van der Waals surface area (Å²) in [6.45, 7) is 11.4. The van der Waals surface area contributed by atoms with Gasteiger partial charge in [0.05, 0.1) is 0 Å². The van der Waals surface area contributed by atoms with Gasteiger partial charge in [-0.2, -0.15) is 0 Å². The fraction of sp³-hybridized carbons (Fsp3) is 0.636. The van der Waals surface area contributed by atoms with Crippen LogP contribution in [-0.2, 0) is 20.4 Å². The second-order valence-corrected chi connectivity index (χ2v) is 4.71. The van der Waals surface area contributed by atoms with E-state index in [0.717, 1.165) is 0 Å². The van der Waals surface area contributed by atoms with Gasteiger partial charge in [0.15, 0.2) is 0 Å². The van der Waals surface area contributed by atoms with Gasteiger partial charge in [0.25, 0.3) is 0 Å². The minimum absolute atomic E-state index is 0.322. The van der Waals surface area contributed by atoms with Crippen LogP contribution in [0, 0.1) is 5.41 Å². The normalized spacial score (nSPS) is 22.3. The zero-order chi connectivity index (χ0) is 9.52. The van der Waals surface area contributed by atoms with E-state index >= 15 is 0 Å². The SMILES string of the molecule is CC1=C(C)C(C)(C)C([CH2][Ti])=C1C. The van der Waals surface area contributed by atoms with E-state index in [4.69, 9.17) is 0 Å². The van der Waals surface area contributed by atoms with Crippen LogP contribution >= 0.6 is 0 Å². The number of hydrogen-bond donors (Lipinski definition) is 0. The Morgan fingerprint density at radius 2 is 1.58 bits per heavy atom. The molecule has 1 heteroatoms. The van der Waals surface area contributed by atoms with E-state index in [-0.39, 0.29) is 0 Å². The molecule has 0 atom stereocenters. The molecule has 1 aliphatic carbocycles. The molecule has 0 heterocycles. The first-order chi connectivity index (χ1) is 5.42. The second-order valence-electron chi connectivity index (χ2n) is 4.16. The van der Waals surface area contributed by atoms with Crippen LogP contribution in [0.15, 0.2) is 22.3 Å². The van der Waals surface area contributed by atoms with Gasteiger partial charge in [0, 0.05) is 0 Å². The average molecular weight is 197 g/mol. The molecule has 1 aliphatic rings. The molecule has 65 valence electrons. The third kappa shape index (κ3) is 1.26. The van der Waals surface area contributed by atoms with Gasteiger partial charge in [-0.3, -0.25) is 0 Å². The Bertz CT molecular complexity index is 267. The van der Waals surface area contributed by atoms with E-state index in [2.05, 4.69) is 55.1 Å². The van der Waals surface area contributed by atoms with Crippen LogP contribution in [0.25, 0.3) is 0 Å². The monoisotopic (exact) mass is 197 g/mol. The summed E-state index contributed by atoms with van der Waals surface area (Å²) in [6.07, 6.45) is 0. The maximum atomic E-state index is 2.33. The Morgan fingerprint density at radius 1 is 1.08 bits per heavy atom. The molecule has 0 radical (unpaired) electrons. The van der Waals surface area contributed by atoms with E-state index in [1.54, 1.807) is 11.1 Å². The predicted octanol–water partition coefficient (Wildman–Crippen LogP) is 3.64. The van der Waals surface area contributed by atoms with Crippen molar-refractivity contribution >= 4 is 0 Å². The molecule has 0 fully saturated rings. The Kier molecular flexibility index (Phi) is 2.70. The molecular weight excluding hydrogens is 180 g/mol. The van der Waals surface area contributed by atoms with Crippen LogP contribution in [0.3, 0.4) is 0 Å². The third-order valence-electron chi connectivity index (χ3n) is 3.45. The Balaban J connectivity index is 3.23. The summed E-state index contributed by atoms with van der Waals surface area (Å²) in [6, 6.07) is 0. The van der Waals surface area contributed by atoms with Crippen molar-refractivity contribution in [2.45, 2.75) is 39.3 Å². The zero-order valence-electron chi connectivity index (χ0n) is 8.71. The van der Waals surface area contributed by atoms with Crippen molar-refractivity contribution in [2.24, 2.45) is 5.41 Å². The van der Waals surface area contributed by atoms with Crippen LogP contribution < -0.4 is 0 Å². The molecule has 1 rings (SSSR count). The van der Waals surface area contributed by atoms with E-state index in [1.165, 1.54) is 15.9 Å². The van der Waals surface area contributed by atoms with Crippen LogP contribution in [0.1, 0.15) is 34.6 Å². The van der Waals surface area contributed by atoms with Crippen LogP contribution in [-0.4, -0.2) is 0 Å². The molecule has 0 unspecified atom stereocenters. The zero-order valence-corrected chi connectivity index (χ0v) is 10.3. The van der Waals surface area contributed by atoms with Crippen molar-refractivity contribution in [3.05, 3.63) is 22.3 Å². The van der Waals surface area contributed by atoms with Crippen molar-refractivity contribution in [1.29, 1.82) is 0 Å². The van der Waals surface area contributed by atoms with E-state index in [9.17, 15) is 0 Å². The van der Waals surface area contributed by atoms with E-state index < -0.39 is 0 Å². The molecule has 0 N–H and O–H groups in total. The third-order valence-corrected chi connectivity index (χ3v) is 4.00. The average Bonchev–Trinajstić information content (AvgIpc) is 2.13. The summed E-state index contributed by atoms with van der Waals surface area (Å²) in [7, 11) is 0. The summed E-state index contributed by atoms with van der Waals surface area (Å²) < 4.78 is 1.19. The Hall–Kier alpha value is 0.194. The van der Waals surface area contributed by atoms with Crippen molar-refractivity contribution in [3.63, 3.8) is 0 Å². The molecule has 0 aromatic heterocycles. The van der Waals surface area contributed by atoms with Gasteiger partial charge in [0.2, 0.25) is 0 Å². The van der Waals surface area contributed by atoms with Crippen molar-refractivity contribution in [3.8, 4) is 0 Å². The van der Waals surface area contributed by atoms with Crippen LogP contribution in [0.4, 0.5) is 0 Å². The summed E-state index contributed by atoms with van der Waals surface area (Å²) in [4.78, 5) is 0. The van der Waals surface area contributed by atoms with Crippen molar-refractivity contribution in [2.75, 3.05) is 0 Å². The molecule has 0 aromatic carbocycles. The molecule has 0 nitrogen and oxygen atoms in total. The fourth-order valence-corrected chi connectivity index (χ4v) is 3.13. The molecular formula is C11H17Ti. The first kappa shape index (κ1) is 10.3. The van der Waals surface area contributed by atoms with Crippen molar-refractivity contribution in [1.82, 2.24) is 0 Å². The number of rotatable bonds is 1. The van der Waals surface area contributed by atoms with Gasteiger partial charge in [-0.25, -0.2) is 0 Å². The summed E-state index contributed by atoms with van der Waals surface area (Å²) in [5, 5.41) is 0. The van der Waals surface area contributed by atoms with Gasteiger partial charge in [-0.15, -0.1) is 0 Å². The molecule has 0 spiro atoms. The summed E-state index contributed by atoms with van der Waals surface area (Å²) in [5.41, 5.74) is 6.54. The summed E-state index contributed by atoms with van der Waals surface area (Å²) in [5.74, 6) is 0. The Labute approximate surface area is 87.5 Å². The van der Waals surface area contributed by atoms with Gasteiger partial charge in [-0.1, -0.05) is 0 Å². The van der Waals surface area contributed by atoms with Gasteiger partial charge < -0.3 is 0 Å². The topological polar surface area (TPSA) is 0 Å². The van der Waals surface area contributed by atoms with Gasteiger partial charge in [0.1, 0.15) is 0 Å². The number of hydrogen-bond acceptors (Lipinski definition) is 0. The van der Waals surface area contributed by atoms with E-state index in [0.29, 0.717) is 5.41 Å². The maximum absolute atomic E-state index is 2.33. The minimum atomic E-state index is 0.322. The number of allylic oxidation sites excluding steroid dienone is 4. The van der Waals surface area contributed by atoms with Crippen molar-refractivity contribution < 1.29 is 20.4 Å². The standard InChI is InChI=1S/C11H17.Ti/c1-7-8(2)10(4)11(5,6)9(7)3;/h3H2,1-2,4-6H3;. The summed E-state index contributed by atoms with van der Waals surface area (Å²) >= 11 is 2.26. The molecule has 0 saturated carbocycles.